The molecule has 0 fully saturated rings. The first kappa shape index (κ1) is 8.63. The summed E-state index contributed by atoms with van der Waals surface area (Å²) in [6.07, 6.45) is 1.53. The molecular formula is C7H12OS. The van der Waals surface area contributed by atoms with E-state index < -0.39 is 0 Å². The van der Waals surface area contributed by atoms with E-state index in [0.717, 1.165) is 0 Å². The van der Waals surface area contributed by atoms with E-state index in [2.05, 4.69) is 6.58 Å². The molecule has 0 amide bonds. The highest BCUT2D eigenvalue weighted by Gasteiger charge is 2.10. The third kappa shape index (κ3) is 5.50. The summed E-state index contributed by atoms with van der Waals surface area (Å²) in [5.41, 5.74) is -0.189. The fourth-order valence-corrected chi connectivity index (χ4v) is 0.593. The van der Waals surface area contributed by atoms with Gasteiger partial charge in [0.25, 0.3) is 0 Å². The number of rotatable bonds is 1. The average molecular weight is 144 g/mol. The first-order chi connectivity index (χ1) is 3.95. The van der Waals surface area contributed by atoms with Crippen LogP contribution in [-0.2, 0) is 4.74 Å². The molecule has 0 aromatic carbocycles. The molecule has 2 heteroatoms. The predicted octanol–water partition coefficient (Wildman–Crippen LogP) is 2.31. The largest absolute Gasteiger partial charge is 0.478 e. The van der Waals surface area contributed by atoms with Crippen molar-refractivity contribution in [3.8, 4) is 0 Å². The van der Waals surface area contributed by atoms with Crippen molar-refractivity contribution in [1.29, 1.82) is 0 Å². The van der Waals surface area contributed by atoms with Crippen LogP contribution < -0.4 is 0 Å². The van der Waals surface area contributed by atoms with E-state index in [9.17, 15) is 0 Å². The maximum absolute atomic E-state index is 5.20. The van der Waals surface area contributed by atoms with Gasteiger partial charge in [-0.25, -0.2) is 0 Å². The summed E-state index contributed by atoms with van der Waals surface area (Å²) < 4.78 is 5.20. The van der Waals surface area contributed by atoms with Crippen molar-refractivity contribution in [2.45, 2.75) is 26.4 Å². The molecule has 0 aliphatic heterocycles. The Bertz CT molecular complexity index is 121. The number of hydrogen-bond acceptors (Lipinski definition) is 2. The number of hydrogen-bond donors (Lipinski definition) is 0. The topological polar surface area (TPSA) is 9.23 Å². The summed E-state index contributed by atoms with van der Waals surface area (Å²) in [6, 6.07) is 0. The molecule has 9 heavy (non-hydrogen) atoms. The summed E-state index contributed by atoms with van der Waals surface area (Å²) in [5.74, 6) is 0. The summed E-state index contributed by atoms with van der Waals surface area (Å²) in [7, 11) is 0. The SMILES string of the molecule is C=CC(=S)OC(C)(C)C. The van der Waals surface area contributed by atoms with Gasteiger partial charge < -0.3 is 4.74 Å². The van der Waals surface area contributed by atoms with Gasteiger partial charge in [0.15, 0.2) is 5.05 Å². The highest BCUT2D eigenvalue weighted by molar-refractivity contribution is 7.80. The van der Waals surface area contributed by atoms with Gasteiger partial charge in [0.05, 0.1) is 0 Å². The predicted molar refractivity (Wildman–Crippen MR) is 43.6 cm³/mol. The van der Waals surface area contributed by atoms with Crippen LogP contribution in [0.3, 0.4) is 0 Å². The zero-order valence-electron chi connectivity index (χ0n) is 6.10. The normalized spacial score (nSPS) is 10.6. The van der Waals surface area contributed by atoms with Gasteiger partial charge >= 0.3 is 0 Å². The standard InChI is InChI=1S/C7H12OS/c1-5-6(9)8-7(2,3)4/h5H,1H2,2-4H3. The third-order valence-corrected chi connectivity index (χ3v) is 0.823. The van der Waals surface area contributed by atoms with Crippen LogP contribution in [0.2, 0.25) is 0 Å². The van der Waals surface area contributed by atoms with E-state index >= 15 is 0 Å². The number of ether oxygens (including phenoxy) is 1. The van der Waals surface area contributed by atoms with Crippen molar-refractivity contribution in [1.82, 2.24) is 0 Å². The van der Waals surface area contributed by atoms with Gasteiger partial charge in [-0.1, -0.05) is 6.58 Å². The Hall–Kier alpha value is -0.370. The second-order valence-electron chi connectivity index (χ2n) is 2.74. The molecule has 0 aromatic heterocycles. The first-order valence-electron chi connectivity index (χ1n) is 2.81. The maximum Gasteiger partial charge on any atom is 0.183 e. The Morgan fingerprint density at radius 1 is 1.56 bits per heavy atom. The first-order valence-corrected chi connectivity index (χ1v) is 3.22. The molecule has 0 radical (unpaired) electrons. The summed E-state index contributed by atoms with van der Waals surface area (Å²) in [5, 5.41) is 0.461. The molecule has 0 aromatic rings. The molecule has 0 N–H and O–H groups in total. The minimum absolute atomic E-state index is 0.189. The monoisotopic (exact) mass is 144 g/mol. The summed E-state index contributed by atoms with van der Waals surface area (Å²) >= 11 is 4.76. The molecule has 0 bridgehead atoms. The minimum Gasteiger partial charge on any atom is -0.478 e. The molecule has 0 spiro atoms. The molecule has 0 atom stereocenters. The third-order valence-electron chi connectivity index (χ3n) is 0.573. The molecule has 0 rings (SSSR count). The van der Waals surface area contributed by atoms with Crippen molar-refractivity contribution < 1.29 is 4.74 Å². The molecule has 0 heterocycles. The van der Waals surface area contributed by atoms with E-state index in [4.69, 9.17) is 17.0 Å². The Morgan fingerprint density at radius 3 is 2.11 bits per heavy atom. The van der Waals surface area contributed by atoms with E-state index in [-0.39, 0.29) is 5.60 Å². The smallest absolute Gasteiger partial charge is 0.183 e. The van der Waals surface area contributed by atoms with E-state index in [1.165, 1.54) is 6.08 Å². The average Bonchev–Trinajstić information content (AvgIpc) is 1.62. The van der Waals surface area contributed by atoms with Crippen LogP contribution in [0.25, 0.3) is 0 Å². The molecule has 0 saturated heterocycles. The van der Waals surface area contributed by atoms with Gasteiger partial charge in [0.1, 0.15) is 5.60 Å². The maximum atomic E-state index is 5.20. The summed E-state index contributed by atoms with van der Waals surface area (Å²) in [6.45, 7) is 9.32. The number of thiocarbonyl (C=S) groups is 1. The molecule has 0 aliphatic rings. The van der Waals surface area contributed by atoms with E-state index in [0.29, 0.717) is 5.05 Å². The van der Waals surface area contributed by atoms with Crippen LogP contribution in [0.1, 0.15) is 20.8 Å². The zero-order valence-corrected chi connectivity index (χ0v) is 6.92. The quantitative estimate of drug-likeness (QED) is 0.412. The molecule has 0 saturated carbocycles. The van der Waals surface area contributed by atoms with Crippen molar-refractivity contribution in [2.75, 3.05) is 0 Å². The fourth-order valence-electron chi connectivity index (χ4n) is 0.343. The van der Waals surface area contributed by atoms with Crippen molar-refractivity contribution in [3.05, 3.63) is 12.7 Å². The second kappa shape index (κ2) is 2.97. The lowest BCUT2D eigenvalue weighted by atomic mass is 10.2. The lowest BCUT2D eigenvalue weighted by Gasteiger charge is -2.19. The Labute approximate surface area is 61.7 Å². The van der Waals surface area contributed by atoms with E-state index in [1.807, 2.05) is 20.8 Å². The molecule has 52 valence electrons. The van der Waals surface area contributed by atoms with Crippen molar-refractivity contribution >= 4 is 17.3 Å². The van der Waals surface area contributed by atoms with Crippen LogP contribution >= 0.6 is 12.2 Å². The highest BCUT2D eigenvalue weighted by Crippen LogP contribution is 2.07. The second-order valence-corrected chi connectivity index (χ2v) is 3.14. The Kier molecular flexibility index (Phi) is 2.85. The van der Waals surface area contributed by atoms with Gasteiger partial charge in [0.2, 0.25) is 0 Å². The molecule has 0 unspecified atom stereocenters. The van der Waals surface area contributed by atoms with Crippen LogP contribution in [0.15, 0.2) is 12.7 Å². The highest BCUT2D eigenvalue weighted by atomic mass is 32.1. The van der Waals surface area contributed by atoms with Crippen LogP contribution in [0, 0.1) is 0 Å². The fraction of sp³-hybridized carbons (Fsp3) is 0.571. The van der Waals surface area contributed by atoms with Gasteiger partial charge in [-0.15, -0.1) is 0 Å². The molecule has 1 nitrogen and oxygen atoms in total. The van der Waals surface area contributed by atoms with E-state index in [1.54, 1.807) is 0 Å². The zero-order chi connectivity index (χ0) is 7.49. The summed E-state index contributed by atoms with van der Waals surface area (Å²) in [4.78, 5) is 0. The van der Waals surface area contributed by atoms with Crippen LogP contribution in [0.5, 0.6) is 0 Å². The minimum atomic E-state index is -0.189. The Balaban J connectivity index is 3.74. The molecule has 0 aliphatic carbocycles. The van der Waals surface area contributed by atoms with Gasteiger partial charge in [-0.2, -0.15) is 0 Å². The molecular weight excluding hydrogens is 132 g/mol. The van der Waals surface area contributed by atoms with Crippen LogP contribution in [0.4, 0.5) is 0 Å². The van der Waals surface area contributed by atoms with Gasteiger partial charge in [-0.05, 0) is 39.1 Å². The van der Waals surface area contributed by atoms with Crippen molar-refractivity contribution in [3.63, 3.8) is 0 Å². The van der Waals surface area contributed by atoms with Crippen LogP contribution in [-0.4, -0.2) is 10.7 Å². The van der Waals surface area contributed by atoms with Gasteiger partial charge in [0, 0.05) is 0 Å². The van der Waals surface area contributed by atoms with Gasteiger partial charge in [-0.3, -0.25) is 0 Å². The Morgan fingerprint density at radius 2 is 2.00 bits per heavy atom. The lowest BCUT2D eigenvalue weighted by Crippen LogP contribution is -2.21. The lowest BCUT2D eigenvalue weighted by molar-refractivity contribution is 0.123. The van der Waals surface area contributed by atoms with Crippen molar-refractivity contribution in [2.24, 2.45) is 0 Å².